The minimum atomic E-state index is -0.256. The predicted octanol–water partition coefficient (Wildman–Crippen LogP) is 3.51. The maximum Gasteiger partial charge on any atom is 0.159 e. The first-order chi connectivity index (χ1) is 8.90. The average molecular weight is 265 g/mol. The average Bonchev–Trinajstić information content (AvgIpc) is 2.45. The van der Waals surface area contributed by atoms with Crippen molar-refractivity contribution in [1.82, 2.24) is 0 Å². The van der Waals surface area contributed by atoms with Crippen LogP contribution in [0.15, 0.2) is 30.3 Å². The van der Waals surface area contributed by atoms with E-state index < -0.39 is 0 Å². The molecule has 1 aromatic carbocycles. The molecule has 2 nitrogen and oxygen atoms in total. The molecule has 1 aliphatic rings. The van der Waals surface area contributed by atoms with E-state index in [2.05, 4.69) is 11.8 Å². The van der Waals surface area contributed by atoms with Crippen molar-refractivity contribution in [3.63, 3.8) is 0 Å². The van der Waals surface area contributed by atoms with Gasteiger partial charge in [-0.05, 0) is 24.8 Å². The predicted molar refractivity (Wildman–Crippen MR) is 72.4 cm³/mol. The van der Waals surface area contributed by atoms with Gasteiger partial charge < -0.3 is 9.47 Å². The smallest absolute Gasteiger partial charge is 0.159 e. The molecule has 96 valence electrons. The van der Waals surface area contributed by atoms with E-state index in [1.165, 1.54) is 0 Å². The summed E-state index contributed by atoms with van der Waals surface area (Å²) in [6.45, 7) is 0.773. The lowest BCUT2D eigenvalue weighted by atomic mass is 10.1. The second-order valence-electron chi connectivity index (χ2n) is 4.18. The Kier molecular flexibility index (Phi) is 5.54. The zero-order chi connectivity index (χ0) is 12.6. The number of halogens is 1. The molecule has 0 bridgehead atoms. The first kappa shape index (κ1) is 13.4. The Bertz CT molecular complexity index is 401. The number of hydrogen-bond acceptors (Lipinski definition) is 2. The lowest BCUT2D eigenvalue weighted by molar-refractivity contribution is -0.178. The molecular formula is C15H17ClO2. The largest absolute Gasteiger partial charge is 0.353 e. The van der Waals surface area contributed by atoms with Crippen molar-refractivity contribution < 1.29 is 9.47 Å². The maximum absolute atomic E-state index is 5.93. The molecule has 2 rings (SSSR count). The summed E-state index contributed by atoms with van der Waals surface area (Å²) in [6.07, 6.45) is 2.80. The van der Waals surface area contributed by atoms with Gasteiger partial charge in [-0.2, -0.15) is 0 Å². The van der Waals surface area contributed by atoms with Crippen LogP contribution in [0, 0.1) is 11.8 Å². The van der Waals surface area contributed by atoms with E-state index in [9.17, 15) is 0 Å². The number of alkyl halides is 1. The minimum absolute atomic E-state index is 0.145. The summed E-state index contributed by atoms with van der Waals surface area (Å²) >= 11 is 5.62. The van der Waals surface area contributed by atoms with Gasteiger partial charge in [-0.3, -0.25) is 0 Å². The van der Waals surface area contributed by atoms with Crippen LogP contribution in [0.5, 0.6) is 0 Å². The van der Waals surface area contributed by atoms with Crippen LogP contribution in [0.25, 0.3) is 0 Å². The van der Waals surface area contributed by atoms with Crippen molar-refractivity contribution in [2.24, 2.45) is 0 Å². The van der Waals surface area contributed by atoms with Crippen molar-refractivity contribution in [3.05, 3.63) is 35.9 Å². The SMILES string of the molecule is ClCC#CC(OC1CCCCO1)c1ccccc1. The lowest BCUT2D eigenvalue weighted by Gasteiger charge is -2.25. The highest BCUT2D eigenvalue weighted by molar-refractivity contribution is 6.19. The summed E-state index contributed by atoms with van der Waals surface area (Å²) in [5.41, 5.74) is 1.05. The molecule has 2 unspecified atom stereocenters. The number of hydrogen-bond donors (Lipinski definition) is 0. The molecule has 0 amide bonds. The fraction of sp³-hybridized carbons (Fsp3) is 0.467. The molecule has 1 fully saturated rings. The van der Waals surface area contributed by atoms with Gasteiger partial charge in [0, 0.05) is 6.61 Å². The van der Waals surface area contributed by atoms with E-state index in [-0.39, 0.29) is 12.4 Å². The first-order valence-electron chi connectivity index (χ1n) is 6.26. The second kappa shape index (κ2) is 7.43. The van der Waals surface area contributed by atoms with Gasteiger partial charge in [-0.1, -0.05) is 42.2 Å². The Morgan fingerprint density at radius 3 is 2.83 bits per heavy atom. The first-order valence-corrected chi connectivity index (χ1v) is 6.80. The molecule has 0 spiro atoms. The van der Waals surface area contributed by atoms with Gasteiger partial charge in [0.1, 0.15) is 6.10 Å². The van der Waals surface area contributed by atoms with Crippen molar-refractivity contribution >= 4 is 11.6 Å². The van der Waals surface area contributed by atoms with Crippen LogP contribution in [-0.2, 0) is 9.47 Å². The summed E-state index contributed by atoms with van der Waals surface area (Å²) in [7, 11) is 0. The zero-order valence-corrected chi connectivity index (χ0v) is 11.0. The van der Waals surface area contributed by atoms with E-state index >= 15 is 0 Å². The highest BCUT2D eigenvalue weighted by Crippen LogP contribution is 2.23. The quantitative estimate of drug-likeness (QED) is 0.614. The third-order valence-electron chi connectivity index (χ3n) is 2.83. The van der Waals surface area contributed by atoms with E-state index in [4.69, 9.17) is 21.1 Å². The van der Waals surface area contributed by atoms with Crippen LogP contribution >= 0.6 is 11.6 Å². The molecule has 1 saturated heterocycles. The van der Waals surface area contributed by atoms with Gasteiger partial charge in [0.25, 0.3) is 0 Å². The molecule has 1 heterocycles. The number of rotatable bonds is 3. The van der Waals surface area contributed by atoms with Gasteiger partial charge in [0.15, 0.2) is 6.29 Å². The number of ether oxygens (including phenoxy) is 2. The van der Waals surface area contributed by atoms with Crippen molar-refractivity contribution in [3.8, 4) is 11.8 Å². The molecule has 0 N–H and O–H groups in total. The lowest BCUT2D eigenvalue weighted by Crippen LogP contribution is -2.24. The van der Waals surface area contributed by atoms with Gasteiger partial charge in [-0.25, -0.2) is 0 Å². The molecule has 18 heavy (non-hydrogen) atoms. The Balaban J connectivity index is 2.05. The van der Waals surface area contributed by atoms with Gasteiger partial charge in [0.2, 0.25) is 0 Å². The molecule has 1 aliphatic heterocycles. The third kappa shape index (κ3) is 4.03. The van der Waals surface area contributed by atoms with Crippen molar-refractivity contribution in [2.45, 2.75) is 31.7 Å². The van der Waals surface area contributed by atoms with Crippen LogP contribution < -0.4 is 0 Å². The van der Waals surface area contributed by atoms with Crippen molar-refractivity contribution in [1.29, 1.82) is 0 Å². The summed E-state index contributed by atoms with van der Waals surface area (Å²) in [6, 6.07) is 9.96. The third-order valence-corrected chi connectivity index (χ3v) is 2.96. The van der Waals surface area contributed by atoms with E-state index in [0.29, 0.717) is 5.88 Å². The van der Waals surface area contributed by atoms with Crippen LogP contribution in [-0.4, -0.2) is 18.8 Å². The standard InChI is InChI=1S/C15H17ClO2/c16-11-6-9-14(13-7-2-1-3-8-13)18-15-10-4-5-12-17-15/h1-3,7-8,14-15H,4-5,10-12H2. The highest BCUT2D eigenvalue weighted by Gasteiger charge is 2.19. The highest BCUT2D eigenvalue weighted by atomic mass is 35.5. The maximum atomic E-state index is 5.93. The molecular weight excluding hydrogens is 248 g/mol. The summed E-state index contributed by atoms with van der Waals surface area (Å²) < 4.78 is 11.5. The van der Waals surface area contributed by atoms with E-state index in [1.54, 1.807) is 0 Å². The molecule has 0 aliphatic carbocycles. The Hall–Kier alpha value is -1.01. The molecule has 1 aromatic rings. The fourth-order valence-corrected chi connectivity index (χ4v) is 2.00. The Labute approximate surface area is 113 Å². The monoisotopic (exact) mass is 264 g/mol. The molecule has 0 aromatic heterocycles. The zero-order valence-electron chi connectivity index (χ0n) is 10.3. The molecule has 2 atom stereocenters. The molecule has 0 saturated carbocycles. The summed E-state index contributed by atoms with van der Waals surface area (Å²) in [5.74, 6) is 6.24. The second-order valence-corrected chi connectivity index (χ2v) is 4.44. The molecule has 0 radical (unpaired) electrons. The van der Waals surface area contributed by atoms with Gasteiger partial charge >= 0.3 is 0 Å². The van der Waals surface area contributed by atoms with E-state index in [0.717, 1.165) is 31.4 Å². The van der Waals surface area contributed by atoms with Crippen LogP contribution in [0.2, 0.25) is 0 Å². The Morgan fingerprint density at radius 1 is 1.33 bits per heavy atom. The Morgan fingerprint density at radius 2 is 2.17 bits per heavy atom. The topological polar surface area (TPSA) is 18.5 Å². The normalized spacial score (nSPS) is 20.8. The van der Waals surface area contributed by atoms with Gasteiger partial charge in [-0.15, -0.1) is 11.6 Å². The van der Waals surface area contributed by atoms with Gasteiger partial charge in [0.05, 0.1) is 5.88 Å². The summed E-state index contributed by atoms with van der Waals surface area (Å²) in [4.78, 5) is 0. The van der Waals surface area contributed by atoms with Crippen LogP contribution in [0.4, 0.5) is 0 Å². The molecule has 3 heteroatoms. The van der Waals surface area contributed by atoms with Crippen LogP contribution in [0.1, 0.15) is 30.9 Å². The van der Waals surface area contributed by atoms with E-state index in [1.807, 2.05) is 30.3 Å². The minimum Gasteiger partial charge on any atom is -0.353 e. The number of benzene rings is 1. The van der Waals surface area contributed by atoms with Crippen molar-refractivity contribution in [2.75, 3.05) is 12.5 Å². The summed E-state index contributed by atoms with van der Waals surface area (Å²) in [5, 5.41) is 0. The fourth-order valence-electron chi connectivity index (χ4n) is 1.93. The van der Waals surface area contributed by atoms with Crippen LogP contribution in [0.3, 0.4) is 0 Å².